The molecule has 6 heteroatoms. The number of pyridine rings is 1. The molecule has 2 heterocycles. The second-order valence-corrected chi connectivity index (χ2v) is 6.19. The summed E-state index contributed by atoms with van der Waals surface area (Å²) in [7, 11) is 0. The Labute approximate surface area is 131 Å². The summed E-state index contributed by atoms with van der Waals surface area (Å²) in [5.74, 6) is -0.0596. The van der Waals surface area contributed by atoms with E-state index in [0.29, 0.717) is 17.3 Å². The van der Waals surface area contributed by atoms with Crippen molar-refractivity contribution in [3.8, 4) is 0 Å². The van der Waals surface area contributed by atoms with E-state index >= 15 is 0 Å². The lowest BCUT2D eigenvalue weighted by Crippen LogP contribution is -2.13. The van der Waals surface area contributed by atoms with Crippen molar-refractivity contribution in [3.05, 3.63) is 44.3 Å². The minimum Gasteiger partial charge on any atom is -0.323 e. The van der Waals surface area contributed by atoms with Crippen LogP contribution in [-0.2, 0) is 11.2 Å². The zero-order chi connectivity index (χ0) is 14.5. The third-order valence-corrected chi connectivity index (χ3v) is 4.22. The average Bonchev–Trinajstić information content (AvgIpc) is 2.87. The smallest absolute Gasteiger partial charge is 0.224 e. The van der Waals surface area contributed by atoms with Gasteiger partial charge in [0.05, 0.1) is 5.69 Å². The molecule has 0 atom stereocenters. The van der Waals surface area contributed by atoms with E-state index in [-0.39, 0.29) is 11.1 Å². The van der Waals surface area contributed by atoms with Crippen LogP contribution in [0.2, 0.25) is 10.3 Å². The topological polar surface area (TPSA) is 42.0 Å². The van der Waals surface area contributed by atoms with E-state index in [1.807, 2.05) is 18.4 Å². The zero-order valence-electron chi connectivity index (χ0n) is 11.0. The SMILES string of the molecule is Cc1cc(Cl)nc(Cl)c1NC(=O)CCCc1cccs1. The summed E-state index contributed by atoms with van der Waals surface area (Å²) in [5.41, 5.74) is 1.35. The van der Waals surface area contributed by atoms with Crippen molar-refractivity contribution in [1.82, 2.24) is 4.98 Å². The van der Waals surface area contributed by atoms with Crippen LogP contribution in [0.3, 0.4) is 0 Å². The lowest BCUT2D eigenvalue weighted by Gasteiger charge is -2.10. The number of carbonyl (C=O) groups excluding carboxylic acids is 1. The fourth-order valence-electron chi connectivity index (χ4n) is 1.83. The maximum absolute atomic E-state index is 11.9. The highest BCUT2D eigenvalue weighted by Crippen LogP contribution is 2.26. The number of hydrogen-bond donors (Lipinski definition) is 1. The average molecular weight is 329 g/mol. The third-order valence-electron chi connectivity index (χ3n) is 2.81. The highest BCUT2D eigenvalue weighted by atomic mass is 35.5. The standard InChI is InChI=1S/C14H14Cl2N2OS/c1-9-8-11(15)17-14(16)13(9)18-12(19)6-2-4-10-5-3-7-20-10/h3,5,7-8H,2,4,6H2,1H3,(H,18,19). The summed E-state index contributed by atoms with van der Waals surface area (Å²) in [4.78, 5) is 17.1. The van der Waals surface area contributed by atoms with Crippen LogP contribution in [-0.4, -0.2) is 10.9 Å². The molecular formula is C14H14Cl2N2OS. The Morgan fingerprint density at radius 1 is 1.45 bits per heavy atom. The molecule has 0 aromatic carbocycles. The molecule has 20 heavy (non-hydrogen) atoms. The van der Waals surface area contributed by atoms with Gasteiger partial charge in [-0.1, -0.05) is 29.3 Å². The molecule has 0 saturated carbocycles. The van der Waals surface area contributed by atoms with Gasteiger partial charge in [0.2, 0.25) is 5.91 Å². The van der Waals surface area contributed by atoms with Gasteiger partial charge in [0, 0.05) is 11.3 Å². The van der Waals surface area contributed by atoms with E-state index in [9.17, 15) is 4.79 Å². The van der Waals surface area contributed by atoms with Gasteiger partial charge < -0.3 is 5.32 Å². The Kier molecular flexibility index (Phi) is 5.40. The van der Waals surface area contributed by atoms with E-state index in [4.69, 9.17) is 23.2 Å². The number of nitrogens with one attached hydrogen (secondary N) is 1. The summed E-state index contributed by atoms with van der Waals surface area (Å²) in [5, 5.41) is 5.38. The lowest BCUT2D eigenvalue weighted by atomic mass is 10.2. The molecule has 0 bridgehead atoms. The summed E-state index contributed by atoms with van der Waals surface area (Å²) in [6, 6.07) is 5.77. The molecule has 1 N–H and O–H groups in total. The van der Waals surface area contributed by atoms with E-state index in [2.05, 4.69) is 16.4 Å². The Bertz CT molecular complexity index is 576. The molecule has 0 aliphatic rings. The first-order valence-electron chi connectivity index (χ1n) is 6.21. The normalized spacial score (nSPS) is 10.6. The number of halogens is 2. The highest BCUT2D eigenvalue weighted by molar-refractivity contribution is 7.09. The van der Waals surface area contributed by atoms with Crippen molar-refractivity contribution >= 4 is 46.1 Å². The van der Waals surface area contributed by atoms with Gasteiger partial charge in [-0.3, -0.25) is 4.79 Å². The molecule has 0 spiro atoms. The van der Waals surface area contributed by atoms with Crippen LogP contribution in [0.5, 0.6) is 0 Å². The fraction of sp³-hybridized carbons (Fsp3) is 0.286. The molecule has 0 aliphatic heterocycles. The zero-order valence-corrected chi connectivity index (χ0v) is 13.3. The molecule has 3 nitrogen and oxygen atoms in total. The molecular weight excluding hydrogens is 315 g/mol. The molecule has 2 aromatic rings. The lowest BCUT2D eigenvalue weighted by molar-refractivity contribution is -0.116. The predicted octanol–water partition coefficient (Wildman–Crippen LogP) is 4.72. The van der Waals surface area contributed by atoms with E-state index in [1.54, 1.807) is 17.4 Å². The second-order valence-electron chi connectivity index (χ2n) is 4.41. The van der Waals surface area contributed by atoms with Crippen molar-refractivity contribution in [2.75, 3.05) is 5.32 Å². The molecule has 106 valence electrons. The monoisotopic (exact) mass is 328 g/mol. The predicted molar refractivity (Wildman–Crippen MR) is 84.9 cm³/mol. The third kappa shape index (κ3) is 4.20. The van der Waals surface area contributed by atoms with Gasteiger partial charge in [0.1, 0.15) is 5.15 Å². The highest BCUT2D eigenvalue weighted by Gasteiger charge is 2.11. The number of amides is 1. The summed E-state index contributed by atoms with van der Waals surface area (Å²) in [6.07, 6.45) is 2.18. The summed E-state index contributed by atoms with van der Waals surface area (Å²) >= 11 is 13.5. The molecule has 0 fully saturated rings. The van der Waals surface area contributed by atoms with Gasteiger partial charge >= 0.3 is 0 Å². The molecule has 0 aliphatic carbocycles. The molecule has 2 aromatic heterocycles. The van der Waals surface area contributed by atoms with Gasteiger partial charge in [-0.05, 0) is 42.8 Å². The Morgan fingerprint density at radius 2 is 2.25 bits per heavy atom. The molecule has 1 amide bonds. The van der Waals surface area contributed by atoms with Gasteiger partial charge in [0.25, 0.3) is 0 Å². The van der Waals surface area contributed by atoms with E-state index in [1.165, 1.54) is 4.88 Å². The van der Waals surface area contributed by atoms with Gasteiger partial charge in [0.15, 0.2) is 5.15 Å². The maximum Gasteiger partial charge on any atom is 0.224 e. The number of carbonyl (C=O) groups is 1. The minimum absolute atomic E-state index is 0.0596. The fourth-order valence-corrected chi connectivity index (χ4v) is 3.16. The largest absolute Gasteiger partial charge is 0.323 e. The second kappa shape index (κ2) is 7.07. The first kappa shape index (κ1) is 15.3. The minimum atomic E-state index is -0.0596. The Hall–Kier alpha value is -1.10. The Morgan fingerprint density at radius 3 is 2.90 bits per heavy atom. The van der Waals surface area contributed by atoms with Gasteiger partial charge in [-0.25, -0.2) is 4.98 Å². The molecule has 0 saturated heterocycles. The number of nitrogens with zero attached hydrogens (tertiary/aromatic N) is 1. The van der Waals surface area contributed by atoms with Crippen molar-refractivity contribution in [2.24, 2.45) is 0 Å². The maximum atomic E-state index is 11.9. The first-order valence-corrected chi connectivity index (χ1v) is 7.84. The summed E-state index contributed by atoms with van der Waals surface area (Å²) < 4.78 is 0. The molecule has 0 unspecified atom stereocenters. The molecule has 2 rings (SSSR count). The van der Waals surface area contributed by atoms with Crippen LogP contribution >= 0.6 is 34.5 Å². The van der Waals surface area contributed by atoms with Crippen molar-refractivity contribution in [1.29, 1.82) is 0 Å². The number of hydrogen-bond acceptors (Lipinski definition) is 3. The van der Waals surface area contributed by atoms with Crippen LogP contribution < -0.4 is 5.32 Å². The van der Waals surface area contributed by atoms with Crippen LogP contribution in [0, 0.1) is 6.92 Å². The number of aromatic nitrogens is 1. The van der Waals surface area contributed by atoms with E-state index in [0.717, 1.165) is 18.4 Å². The van der Waals surface area contributed by atoms with E-state index < -0.39 is 0 Å². The molecule has 0 radical (unpaired) electrons. The van der Waals surface area contributed by atoms with Gasteiger partial charge in [-0.15, -0.1) is 11.3 Å². The van der Waals surface area contributed by atoms with Crippen molar-refractivity contribution < 1.29 is 4.79 Å². The van der Waals surface area contributed by atoms with Crippen LogP contribution in [0.15, 0.2) is 23.6 Å². The van der Waals surface area contributed by atoms with Crippen LogP contribution in [0.4, 0.5) is 5.69 Å². The number of aryl methyl sites for hydroxylation is 2. The van der Waals surface area contributed by atoms with Crippen LogP contribution in [0.25, 0.3) is 0 Å². The number of rotatable bonds is 5. The Balaban J connectivity index is 1.88. The van der Waals surface area contributed by atoms with Gasteiger partial charge in [-0.2, -0.15) is 0 Å². The van der Waals surface area contributed by atoms with Crippen molar-refractivity contribution in [3.63, 3.8) is 0 Å². The van der Waals surface area contributed by atoms with Crippen molar-refractivity contribution in [2.45, 2.75) is 26.2 Å². The number of thiophene rings is 1. The summed E-state index contributed by atoms with van der Waals surface area (Å²) in [6.45, 7) is 1.83. The quantitative estimate of drug-likeness (QED) is 0.807. The first-order chi connectivity index (χ1) is 9.56. The number of anilines is 1. The van der Waals surface area contributed by atoms with Crippen LogP contribution in [0.1, 0.15) is 23.3 Å².